The molecule has 5 nitrogen and oxygen atoms in total. The molecular weight excluding hydrogens is 261 g/mol. The number of aryl methyl sites for hydroxylation is 1. The summed E-state index contributed by atoms with van der Waals surface area (Å²) in [6, 6.07) is 5.83. The standard InChI is InChI=1S/C14H14FN3O2/c1-10-7-16-5-4-12(10)9-17-8-11-2-3-14(18(19)20)13(15)6-11/h2-7,17H,8-9H2,1H3. The lowest BCUT2D eigenvalue weighted by Crippen LogP contribution is -2.13. The molecule has 6 heteroatoms. The Morgan fingerprint density at radius 3 is 2.80 bits per heavy atom. The summed E-state index contributed by atoms with van der Waals surface area (Å²) in [6.45, 7) is 3.04. The van der Waals surface area contributed by atoms with Gasteiger partial charge in [-0.2, -0.15) is 4.39 Å². The molecule has 0 atom stereocenters. The summed E-state index contributed by atoms with van der Waals surface area (Å²) in [6.07, 6.45) is 3.50. The van der Waals surface area contributed by atoms with Gasteiger partial charge in [0.05, 0.1) is 4.92 Å². The highest BCUT2D eigenvalue weighted by atomic mass is 19.1. The minimum Gasteiger partial charge on any atom is -0.309 e. The van der Waals surface area contributed by atoms with Crippen molar-refractivity contribution in [1.82, 2.24) is 10.3 Å². The van der Waals surface area contributed by atoms with E-state index in [-0.39, 0.29) is 0 Å². The van der Waals surface area contributed by atoms with E-state index in [1.807, 2.05) is 13.0 Å². The van der Waals surface area contributed by atoms with Gasteiger partial charge in [-0.05, 0) is 35.7 Å². The number of halogens is 1. The Labute approximate surface area is 115 Å². The lowest BCUT2D eigenvalue weighted by molar-refractivity contribution is -0.387. The molecule has 1 aromatic heterocycles. The van der Waals surface area contributed by atoms with Gasteiger partial charge in [0.15, 0.2) is 0 Å². The highest BCUT2D eigenvalue weighted by Gasteiger charge is 2.13. The van der Waals surface area contributed by atoms with E-state index in [1.54, 1.807) is 18.5 Å². The van der Waals surface area contributed by atoms with E-state index in [9.17, 15) is 14.5 Å². The molecular formula is C14H14FN3O2. The molecule has 0 aliphatic heterocycles. The predicted molar refractivity (Wildman–Crippen MR) is 72.6 cm³/mol. The Hall–Kier alpha value is -2.34. The minimum absolute atomic E-state index is 0.441. The second kappa shape index (κ2) is 6.21. The molecule has 0 aliphatic rings. The fourth-order valence-electron chi connectivity index (χ4n) is 1.85. The fraction of sp³-hybridized carbons (Fsp3) is 0.214. The molecule has 0 aliphatic carbocycles. The maximum atomic E-state index is 13.4. The fourth-order valence-corrected chi connectivity index (χ4v) is 1.85. The third-order valence-electron chi connectivity index (χ3n) is 2.99. The number of rotatable bonds is 5. The lowest BCUT2D eigenvalue weighted by Gasteiger charge is -2.07. The molecule has 0 saturated carbocycles. The number of hydrogen-bond acceptors (Lipinski definition) is 4. The van der Waals surface area contributed by atoms with E-state index < -0.39 is 16.4 Å². The molecule has 2 aromatic rings. The molecule has 0 bridgehead atoms. The molecule has 20 heavy (non-hydrogen) atoms. The van der Waals surface area contributed by atoms with Gasteiger partial charge in [-0.25, -0.2) is 0 Å². The second-order valence-corrected chi connectivity index (χ2v) is 4.45. The van der Waals surface area contributed by atoms with Crippen molar-refractivity contribution in [2.45, 2.75) is 20.0 Å². The van der Waals surface area contributed by atoms with Crippen LogP contribution in [0.4, 0.5) is 10.1 Å². The summed E-state index contributed by atoms with van der Waals surface area (Å²) in [5.74, 6) is -0.811. The van der Waals surface area contributed by atoms with Gasteiger partial charge in [0, 0.05) is 31.5 Å². The van der Waals surface area contributed by atoms with Crippen LogP contribution in [0, 0.1) is 22.9 Å². The Morgan fingerprint density at radius 2 is 2.15 bits per heavy atom. The first-order chi connectivity index (χ1) is 9.58. The molecule has 0 unspecified atom stereocenters. The molecule has 0 fully saturated rings. The van der Waals surface area contributed by atoms with E-state index in [2.05, 4.69) is 10.3 Å². The van der Waals surface area contributed by atoms with Gasteiger partial charge in [-0.3, -0.25) is 15.1 Å². The van der Waals surface area contributed by atoms with E-state index in [4.69, 9.17) is 0 Å². The summed E-state index contributed by atoms with van der Waals surface area (Å²) in [4.78, 5) is 13.8. The number of nitro groups is 1. The SMILES string of the molecule is Cc1cnccc1CNCc1ccc([N+](=O)[O-])c(F)c1. The first-order valence-electron chi connectivity index (χ1n) is 6.11. The zero-order chi connectivity index (χ0) is 14.5. The van der Waals surface area contributed by atoms with Gasteiger partial charge in [0.2, 0.25) is 5.82 Å². The highest BCUT2D eigenvalue weighted by molar-refractivity contribution is 5.35. The molecule has 2 rings (SSSR count). The van der Waals surface area contributed by atoms with Gasteiger partial charge >= 0.3 is 5.69 Å². The average Bonchev–Trinajstić information content (AvgIpc) is 2.40. The maximum Gasteiger partial charge on any atom is 0.304 e. The summed E-state index contributed by atoms with van der Waals surface area (Å²) in [5.41, 5.74) is 2.36. The number of aromatic nitrogens is 1. The molecule has 1 heterocycles. The summed E-state index contributed by atoms with van der Waals surface area (Å²) in [5, 5.41) is 13.7. The van der Waals surface area contributed by atoms with Crippen molar-refractivity contribution < 1.29 is 9.31 Å². The van der Waals surface area contributed by atoms with Crippen LogP contribution in [0.1, 0.15) is 16.7 Å². The van der Waals surface area contributed by atoms with Crippen molar-refractivity contribution in [3.63, 3.8) is 0 Å². The van der Waals surface area contributed by atoms with Crippen molar-refractivity contribution in [2.75, 3.05) is 0 Å². The quantitative estimate of drug-likeness (QED) is 0.673. The van der Waals surface area contributed by atoms with Crippen molar-refractivity contribution >= 4 is 5.69 Å². The normalized spacial score (nSPS) is 10.5. The monoisotopic (exact) mass is 275 g/mol. The lowest BCUT2D eigenvalue weighted by atomic mass is 10.1. The molecule has 0 saturated heterocycles. The maximum absolute atomic E-state index is 13.4. The predicted octanol–water partition coefficient (Wildman–Crippen LogP) is 2.73. The van der Waals surface area contributed by atoms with E-state index >= 15 is 0 Å². The number of pyridine rings is 1. The van der Waals surface area contributed by atoms with Gasteiger partial charge in [0.1, 0.15) is 0 Å². The summed E-state index contributed by atoms with van der Waals surface area (Å²) in [7, 11) is 0. The number of benzene rings is 1. The van der Waals surface area contributed by atoms with Crippen LogP contribution in [0.2, 0.25) is 0 Å². The molecule has 1 aromatic carbocycles. The second-order valence-electron chi connectivity index (χ2n) is 4.45. The molecule has 0 radical (unpaired) electrons. The van der Waals surface area contributed by atoms with E-state index in [0.717, 1.165) is 11.1 Å². The third-order valence-corrected chi connectivity index (χ3v) is 2.99. The smallest absolute Gasteiger partial charge is 0.304 e. The average molecular weight is 275 g/mol. The van der Waals surface area contributed by atoms with Crippen molar-refractivity contribution in [2.24, 2.45) is 0 Å². The molecule has 104 valence electrons. The molecule has 0 amide bonds. The topological polar surface area (TPSA) is 68.1 Å². The number of nitro benzene ring substituents is 1. The van der Waals surface area contributed by atoms with E-state index in [0.29, 0.717) is 18.7 Å². The molecule has 0 spiro atoms. The Bertz CT molecular complexity index is 632. The largest absolute Gasteiger partial charge is 0.309 e. The summed E-state index contributed by atoms with van der Waals surface area (Å²) < 4.78 is 13.4. The van der Waals surface area contributed by atoms with Gasteiger partial charge < -0.3 is 5.32 Å². The Kier molecular flexibility index (Phi) is 4.37. The number of hydrogen-bond donors (Lipinski definition) is 1. The van der Waals surface area contributed by atoms with Gasteiger partial charge in [-0.15, -0.1) is 0 Å². The Balaban J connectivity index is 1.97. The zero-order valence-electron chi connectivity index (χ0n) is 11.0. The third kappa shape index (κ3) is 3.36. The van der Waals surface area contributed by atoms with Crippen LogP contribution in [0.25, 0.3) is 0 Å². The van der Waals surface area contributed by atoms with Crippen molar-refractivity contribution in [3.8, 4) is 0 Å². The van der Waals surface area contributed by atoms with Crippen LogP contribution in [-0.4, -0.2) is 9.91 Å². The highest BCUT2D eigenvalue weighted by Crippen LogP contribution is 2.18. The summed E-state index contributed by atoms with van der Waals surface area (Å²) >= 11 is 0. The van der Waals surface area contributed by atoms with Gasteiger partial charge in [0.25, 0.3) is 0 Å². The number of nitrogens with zero attached hydrogens (tertiary/aromatic N) is 2. The minimum atomic E-state index is -0.811. The van der Waals surface area contributed by atoms with Crippen LogP contribution in [0.3, 0.4) is 0 Å². The van der Waals surface area contributed by atoms with Gasteiger partial charge in [-0.1, -0.05) is 6.07 Å². The number of nitrogens with one attached hydrogen (secondary N) is 1. The van der Waals surface area contributed by atoms with Crippen molar-refractivity contribution in [3.05, 3.63) is 69.3 Å². The van der Waals surface area contributed by atoms with Crippen LogP contribution in [-0.2, 0) is 13.1 Å². The Morgan fingerprint density at radius 1 is 1.35 bits per heavy atom. The first kappa shape index (κ1) is 14.1. The van der Waals surface area contributed by atoms with Crippen molar-refractivity contribution in [1.29, 1.82) is 0 Å². The van der Waals surface area contributed by atoms with E-state index in [1.165, 1.54) is 12.1 Å². The molecule has 1 N–H and O–H groups in total. The van der Waals surface area contributed by atoms with Crippen LogP contribution < -0.4 is 5.32 Å². The first-order valence-corrected chi connectivity index (χ1v) is 6.11. The van der Waals surface area contributed by atoms with Crippen LogP contribution >= 0.6 is 0 Å². The van der Waals surface area contributed by atoms with Crippen LogP contribution in [0.5, 0.6) is 0 Å². The van der Waals surface area contributed by atoms with Crippen LogP contribution in [0.15, 0.2) is 36.7 Å². The zero-order valence-corrected chi connectivity index (χ0v) is 11.0.